The molecule has 18 heavy (non-hydrogen) atoms. The lowest BCUT2D eigenvalue weighted by molar-refractivity contribution is 0.279. The van der Waals surface area contributed by atoms with E-state index in [1.807, 2.05) is 0 Å². The Morgan fingerprint density at radius 1 is 1.11 bits per heavy atom. The largest absolute Gasteiger partial charge is 0.395 e. The second-order valence-corrected chi connectivity index (χ2v) is 14.3. The van der Waals surface area contributed by atoms with E-state index in [9.17, 15) is 0 Å². The molecule has 3 heterocycles. The van der Waals surface area contributed by atoms with Crippen LogP contribution in [0.15, 0.2) is 0 Å². The fourth-order valence-electron chi connectivity index (χ4n) is 3.67. The highest BCUT2D eigenvalue weighted by Crippen LogP contribution is 2.80. The molecule has 0 aliphatic carbocycles. The quantitative estimate of drug-likeness (QED) is 0.830. The number of fused-ring (bicyclic) bond motifs is 2. The maximum absolute atomic E-state index is 9.12. The van der Waals surface area contributed by atoms with E-state index >= 15 is 0 Å². The summed E-state index contributed by atoms with van der Waals surface area (Å²) < 4.78 is 0.964. The predicted octanol–water partition coefficient (Wildman–Crippen LogP) is 3.17. The molecule has 5 unspecified atom stereocenters. The number of aliphatic hydroxyl groups excluding tert-OH is 1. The topological polar surface area (TPSA) is 32.3 Å². The molecular formula is C12H21NOS4. The molecule has 3 aliphatic heterocycles. The molecule has 3 saturated heterocycles. The maximum Gasteiger partial charge on any atom is 0.0773 e. The van der Waals surface area contributed by atoms with Crippen molar-refractivity contribution >= 4 is 47.0 Å². The third-order valence-corrected chi connectivity index (χ3v) is 11.5. The normalized spacial score (nSPS) is 58.2. The molecule has 2 nitrogen and oxygen atoms in total. The lowest BCUT2D eigenvalue weighted by atomic mass is 10.1. The number of hydrogen-bond acceptors (Lipinski definition) is 6. The van der Waals surface area contributed by atoms with Gasteiger partial charge in [0.15, 0.2) is 0 Å². The Morgan fingerprint density at radius 2 is 1.78 bits per heavy atom. The van der Waals surface area contributed by atoms with E-state index in [4.69, 9.17) is 5.11 Å². The van der Waals surface area contributed by atoms with Gasteiger partial charge in [-0.1, -0.05) is 0 Å². The highest BCUT2D eigenvalue weighted by Gasteiger charge is 2.69. The fraction of sp³-hybridized carbons (Fsp3) is 1.00. The maximum atomic E-state index is 9.12. The molecule has 104 valence electrons. The molecule has 0 aromatic rings. The average molecular weight is 324 g/mol. The van der Waals surface area contributed by atoms with E-state index in [2.05, 4.69) is 80.1 Å². The van der Waals surface area contributed by atoms with Crippen LogP contribution in [0.4, 0.5) is 0 Å². The summed E-state index contributed by atoms with van der Waals surface area (Å²) >= 11 is 8.57. The summed E-state index contributed by atoms with van der Waals surface area (Å²) in [6, 6.07) is 0. The lowest BCUT2D eigenvalue weighted by Gasteiger charge is -2.55. The minimum atomic E-state index is 0.0728. The second kappa shape index (κ2) is 4.17. The van der Waals surface area contributed by atoms with Crippen molar-refractivity contribution in [3.63, 3.8) is 0 Å². The molecule has 0 amide bonds. The predicted molar refractivity (Wildman–Crippen MR) is 87.5 cm³/mol. The smallest absolute Gasteiger partial charge is 0.0773 e. The minimum Gasteiger partial charge on any atom is -0.395 e. The second-order valence-electron chi connectivity index (χ2n) is 6.02. The van der Waals surface area contributed by atoms with Gasteiger partial charge in [-0.05, 0) is 34.1 Å². The van der Waals surface area contributed by atoms with Crippen molar-refractivity contribution in [2.24, 2.45) is 0 Å². The summed E-state index contributed by atoms with van der Waals surface area (Å²) in [5, 5.41) is 13.3. The molecule has 3 rings (SSSR count). The summed E-state index contributed by atoms with van der Waals surface area (Å²) in [5.41, 5.74) is 0. The van der Waals surface area contributed by atoms with Crippen LogP contribution in [0, 0.1) is 0 Å². The summed E-state index contributed by atoms with van der Waals surface area (Å²) in [7, 11) is 0. The van der Waals surface area contributed by atoms with Crippen LogP contribution in [0.1, 0.15) is 34.1 Å². The van der Waals surface area contributed by atoms with Crippen molar-refractivity contribution in [2.75, 3.05) is 13.2 Å². The van der Waals surface area contributed by atoms with Crippen LogP contribution in [-0.2, 0) is 0 Å². The van der Waals surface area contributed by atoms with Crippen LogP contribution >= 0.6 is 47.0 Å². The first kappa shape index (κ1) is 14.3. The monoisotopic (exact) mass is 323 g/mol. The van der Waals surface area contributed by atoms with Crippen LogP contribution in [0.3, 0.4) is 0 Å². The van der Waals surface area contributed by atoms with Crippen molar-refractivity contribution < 1.29 is 5.11 Å². The number of aliphatic hydroxyl groups is 1. The lowest BCUT2D eigenvalue weighted by Crippen LogP contribution is -2.60. The van der Waals surface area contributed by atoms with Crippen LogP contribution in [0.25, 0.3) is 0 Å². The molecule has 3 bridgehead atoms. The average Bonchev–Trinajstić information content (AvgIpc) is 2.35. The van der Waals surface area contributed by atoms with Crippen molar-refractivity contribution in [3.8, 4) is 0 Å². The first-order chi connectivity index (χ1) is 8.23. The molecule has 0 spiro atoms. The Morgan fingerprint density at radius 3 is 2.44 bits per heavy atom. The van der Waals surface area contributed by atoms with E-state index in [1.54, 1.807) is 0 Å². The highest BCUT2D eigenvalue weighted by atomic mass is 32.3. The van der Waals surface area contributed by atoms with Crippen molar-refractivity contribution in [1.82, 2.24) is 5.32 Å². The Hall–Kier alpha value is 1.32. The molecule has 3 fully saturated rings. The molecular weight excluding hydrogens is 302 g/mol. The Balaban J connectivity index is 1.97. The van der Waals surface area contributed by atoms with E-state index in [-0.39, 0.29) is 11.5 Å². The van der Waals surface area contributed by atoms with E-state index in [0.29, 0.717) is 24.0 Å². The molecule has 0 radical (unpaired) electrons. The van der Waals surface area contributed by atoms with Gasteiger partial charge >= 0.3 is 0 Å². The van der Waals surface area contributed by atoms with Crippen LogP contribution in [-0.4, -0.2) is 40.6 Å². The van der Waals surface area contributed by atoms with Gasteiger partial charge in [-0.3, -0.25) is 5.32 Å². The third kappa shape index (κ3) is 2.06. The van der Waals surface area contributed by atoms with Crippen molar-refractivity contribution in [2.45, 2.75) is 56.5 Å². The molecule has 2 N–H and O–H groups in total. The first-order valence-electron chi connectivity index (χ1n) is 6.37. The zero-order chi connectivity index (χ0) is 13.2. The van der Waals surface area contributed by atoms with Crippen LogP contribution in [0.5, 0.6) is 0 Å². The summed E-state index contributed by atoms with van der Waals surface area (Å²) in [6.07, 6.45) is 1.26. The molecule has 0 saturated carbocycles. The van der Waals surface area contributed by atoms with E-state index < -0.39 is 0 Å². The SMILES string of the molecule is CC12CC3(C)SC(C)(NCCO)C(S1)C(C)(S2)S3. The molecule has 0 aromatic heterocycles. The number of thioether (sulfide) groups is 4. The zero-order valence-electron chi connectivity index (χ0n) is 11.3. The fourth-order valence-corrected chi connectivity index (χ4v) is 15.1. The Kier molecular flexibility index (Phi) is 3.30. The number of hydrogen-bond donors (Lipinski definition) is 2. The van der Waals surface area contributed by atoms with Crippen molar-refractivity contribution in [3.05, 3.63) is 0 Å². The summed E-state index contributed by atoms with van der Waals surface area (Å²) in [6.45, 7) is 10.5. The molecule has 0 aromatic carbocycles. The standard InChI is InChI=1S/C12H21NOS4/c1-9-7-10(2)16-11(3,13-5-6-14)8(15-9)12(4,17-9)18-10/h8,13-14H,5-7H2,1-4H3. The molecule has 3 aliphatic rings. The van der Waals surface area contributed by atoms with Gasteiger partial charge in [0.25, 0.3) is 0 Å². The van der Waals surface area contributed by atoms with Gasteiger partial charge in [0.05, 0.1) is 29.0 Å². The van der Waals surface area contributed by atoms with Crippen molar-refractivity contribution in [1.29, 1.82) is 0 Å². The van der Waals surface area contributed by atoms with Gasteiger partial charge in [0, 0.05) is 6.54 Å². The van der Waals surface area contributed by atoms with Gasteiger partial charge in [0.1, 0.15) is 0 Å². The van der Waals surface area contributed by atoms with Gasteiger partial charge in [-0.15, -0.1) is 47.0 Å². The molecule has 6 heteroatoms. The van der Waals surface area contributed by atoms with Gasteiger partial charge in [-0.2, -0.15) is 0 Å². The zero-order valence-corrected chi connectivity index (χ0v) is 14.5. The van der Waals surface area contributed by atoms with E-state index in [0.717, 1.165) is 0 Å². The minimum absolute atomic E-state index is 0.0728. The third-order valence-electron chi connectivity index (χ3n) is 3.84. The summed E-state index contributed by atoms with van der Waals surface area (Å²) in [5.74, 6) is 0. The Bertz CT molecular complexity index is 379. The number of nitrogens with one attached hydrogen (secondary N) is 1. The summed E-state index contributed by atoms with van der Waals surface area (Å²) in [4.78, 5) is 0.0728. The highest BCUT2D eigenvalue weighted by molar-refractivity contribution is 8.35. The first-order valence-corrected chi connectivity index (χ1v) is 9.70. The van der Waals surface area contributed by atoms with Crippen LogP contribution < -0.4 is 5.32 Å². The Labute approximate surface area is 127 Å². The van der Waals surface area contributed by atoms with Gasteiger partial charge < -0.3 is 5.11 Å². The van der Waals surface area contributed by atoms with Gasteiger partial charge in [0.2, 0.25) is 0 Å². The van der Waals surface area contributed by atoms with E-state index in [1.165, 1.54) is 6.42 Å². The molecule has 5 atom stereocenters. The van der Waals surface area contributed by atoms with Gasteiger partial charge in [-0.25, -0.2) is 0 Å². The van der Waals surface area contributed by atoms with Crippen LogP contribution in [0.2, 0.25) is 0 Å². The number of rotatable bonds is 3.